The van der Waals surface area contributed by atoms with E-state index in [-0.39, 0.29) is 17.0 Å². The van der Waals surface area contributed by atoms with Crippen LogP contribution in [0, 0.1) is 10.1 Å². The highest BCUT2D eigenvalue weighted by atomic mass is 35.5. The molecule has 6 nitrogen and oxygen atoms in total. The fraction of sp³-hybridized carbons (Fsp3) is 0.200. The van der Waals surface area contributed by atoms with Gasteiger partial charge in [-0.3, -0.25) is 19.7 Å². The molecular weight excluding hydrogens is 250 g/mol. The van der Waals surface area contributed by atoms with Crippen molar-refractivity contribution in [2.45, 2.75) is 6.42 Å². The van der Waals surface area contributed by atoms with Crippen molar-refractivity contribution in [2.75, 3.05) is 7.11 Å². The molecule has 17 heavy (non-hydrogen) atoms. The first-order valence-electron chi connectivity index (χ1n) is 4.48. The van der Waals surface area contributed by atoms with Crippen molar-refractivity contribution >= 4 is 29.5 Å². The molecule has 1 aromatic rings. The number of nitro benzene ring substituents is 1. The first-order valence-corrected chi connectivity index (χ1v) is 4.86. The lowest BCUT2D eigenvalue weighted by Gasteiger charge is -2.04. The Bertz CT molecular complexity index is 486. The Morgan fingerprint density at radius 1 is 1.59 bits per heavy atom. The van der Waals surface area contributed by atoms with E-state index in [2.05, 4.69) is 4.74 Å². The minimum atomic E-state index is -0.711. The summed E-state index contributed by atoms with van der Waals surface area (Å²) in [6.07, 6.45) is 0.198. The van der Waals surface area contributed by atoms with E-state index in [9.17, 15) is 19.7 Å². The molecule has 0 amide bonds. The van der Waals surface area contributed by atoms with Crippen LogP contribution in [0.1, 0.15) is 15.9 Å². The summed E-state index contributed by atoms with van der Waals surface area (Å²) >= 11 is 5.78. The van der Waals surface area contributed by atoms with Crippen molar-refractivity contribution in [3.05, 3.63) is 38.4 Å². The molecule has 1 aromatic carbocycles. The van der Waals surface area contributed by atoms with Crippen LogP contribution in [0.2, 0.25) is 5.02 Å². The first kappa shape index (κ1) is 13.1. The van der Waals surface area contributed by atoms with Crippen LogP contribution in [0.5, 0.6) is 0 Å². The number of halogens is 1. The van der Waals surface area contributed by atoms with Crippen molar-refractivity contribution in [3.8, 4) is 0 Å². The zero-order valence-electron chi connectivity index (χ0n) is 8.81. The number of methoxy groups -OCH3 is 1. The van der Waals surface area contributed by atoms with Gasteiger partial charge in [-0.1, -0.05) is 11.6 Å². The quantitative estimate of drug-likeness (QED) is 0.355. The number of carbonyl (C=O) groups excluding carboxylic acids is 2. The highest BCUT2D eigenvalue weighted by Gasteiger charge is 2.18. The van der Waals surface area contributed by atoms with Crippen LogP contribution in [0.25, 0.3) is 0 Å². The Morgan fingerprint density at radius 3 is 2.71 bits per heavy atom. The van der Waals surface area contributed by atoms with Crippen molar-refractivity contribution in [1.82, 2.24) is 0 Å². The smallest absolute Gasteiger partial charge is 0.310 e. The number of aldehydes is 1. The Kier molecular flexibility index (Phi) is 4.17. The van der Waals surface area contributed by atoms with E-state index in [0.717, 1.165) is 6.07 Å². The predicted octanol–water partition coefficient (Wildman–Crippen LogP) is 1.78. The zero-order chi connectivity index (χ0) is 13.0. The fourth-order valence-electron chi connectivity index (χ4n) is 1.24. The maximum atomic E-state index is 11.0. The minimum absolute atomic E-state index is 0.0488. The summed E-state index contributed by atoms with van der Waals surface area (Å²) in [4.78, 5) is 31.6. The third-order valence-corrected chi connectivity index (χ3v) is 2.43. The summed E-state index contributed by atoms with van der Waals surface area (Å²) in [5, 5.41) is 10.7. The van der Waals surface area contributed by atoms with Crippen LogP contribution in [0.4, 0.5) is 5.69 Å². The van der Waals surface area contributed by atoms with Gasteiger partial charge in [0.25, 0.3) is 5.69 Å². The van der Waals surface area contributed by atoms with Gasteiger partial charge in [0, 0.05) is 6.07 Å². The number of benzene rings is 1. The van der Waals surface area contributed by atoms with Gasteiger partial charge < -0.3 is 4.74 Å². The summed E-state index contributed by atoms with van der Waals surface area (Å²) in [5.41, 5.74) is -0.205. The number of rotatable bonds is 4. The molecule has 0 aliphatic rings. The molecule has 7 heteroatoms. The van der Waals surface area contributed by atoms with Crippen LogP contribution in [0.15, 0.2) is 12.1 Å². The van der Waals surface area contributed by atoms with Gasteiger partial charge in [-0.2, -0.15) is 0 Å². The van der Waals surface area contributed by atoms with Gasteiger partial charge in [-0.05, 0) is 11.6 Å². The number of hydrogen-bond donors (Lipinski definition) is 0. The van der Waals surface area contributed by atoms with Crippen LogP contribution >= 0.6 is 11.6 Å². The van der Waals surface area contributed by atoms with E-state index in [4.69, 9.17) is 11.6 Å². The first-order chi connectivity index (χ1) is 7.99. The van der Waals surface area contributed by atoms with E-state index in [0.29, 0.717) is 11.8 Å². The normalized spacial score (nSPS) is 9.76. The van der Waals surface area contributed by atoms with Crippen molar-refractivity contribution in [2.24, 2.45) is 0 Å². The van der Waals surface area contributed by atoms with Crippen LogP contribution < -0.4 is 0 Å². The van der Waals surface area contributed by atoms with E-state index < -0.39 is 16.6 Å². The zero-order valence-corrected chi connectivity index (χ0v) is 9.56. The summed E-state index contributed by atoms with van der Waals surface area (Å²) in [5.74, 6) is -0.544. The number of carbonyl (C=O) groups is 2. The van der Waals surface area contributed by atoms with E-state index in [1.807, 2.05) is 0 Å². The maximum absolute atomic E-state index is 11.0. The van der Waals surface area contributed by atoms with Gasteiger partial charge >= 0.3 is 5.97 Å². The second kappa shape index (κ2) is 5.40. The molecule has 0 saturated carbocycles. The number of hydrogen-bond acceptors (Lipinski definition) is 5. The molecular formula is C10H8ClNO5. The molecule has 0 aliphatic heterocycles. The average molecular weight is 258 g/mol. The summed E-state index contributed by atoms with van der Waals surface area (Å²) in [6, 6.07) is 2.26. The molecule has 0 fully saturated rings. The number of ether oxygens (including phenoxy) is 1. The average Bonchev–Trinajstić information content (AvgIpc) is 2.30. The van der Waals surface area contributed by atoms with Crippen LogP contribution in [0.3, 0.4) is 0 Å². The standard InChI is InChI=1S/C10H8ClNO5/c1-17-10(14)3-6-2-7(5-13)9(12(15)16)4-8(6)11/h2,4-5H,3H2,1H3. The number of nitro groups is 1. The lowest BCUT2D eigenvalue weighted by atomic mass is 10.1. The Morgan fingerprint density at radius 2 is 2.24 bits per heavy atom. The third kappa shape index (κ3) is 3.01. The van der Waals surface area contributed by atoms with Gasteiger partial charge in [-0.15, -0.1) is 0 Å². The molecule has 0 spiro atoms. The second-order valence-electron chi connectivity index (χ2n) is 3.13. The molecule has 0 saturated heterocycles. The summed E-state index contributed by atoms with van der Waals surface area (Å²) in [6.45, 7) is 0. The third-order valence-electron chi connectivity index (χ3n) is 2.08. The molecule has 0 unspecified atom stereocenters. The Labute approximate surface area is 101 Å². The molecule has 0 bridgehead atoms. The van der Waals surface area contributed by atoms with Crippen molar-refractivity contribution in [3.63, 3.8) is 0 Å². The van der Waals surface area contributed by atoms with Gasteiger partial charge in [0.15, 0.2) is 6.29 Å². The summed E-state index contributed by atoms with van der Waals surface area (Å²) < 4.78 is 4.44. The summed E-state index contributed by atoms with van der Waals surface area (Å²) in [7, 11) is 1.21. The predicted molar refractivity (Wildman–Crippen MR) is 59.2 cm³/mol. The molecule has 90 valence electrons. The Hall–Kier alpha value is -1.95. The van der Waals surface area contributed by atoms with E-state index in [1.54, 1.807) is 0 Å². The van der Waals surface area contributed by atoms with Crippen molar-refractivity contribution < 1.29 is 19.2 Å². The van der Waals surface area contributed by atoms with Gasteiger partial charge in [0.1, 0.15) is 0 Å². The molecule has 0 atom stereocenters. The molecule has 0 heterocycles. The molecule has 0 aliphatic carbocycles. The highest BCUT2D eigenvalue weighted by molar-refractivity contribution is 6.31. The van der Waals surface area contributed by atoms with Gasteiger partial charge in [-0.25, -0.2) is 0 Å². The van der Waals surface area contributed by atoms with Gasteiger partial charge in [0.05, 0.1) is 29.0 Å². The van der Waals surface area contributed by atoms with E-state index in [1.165, 1.54) is 13.2 Å². The van der Waals surface area contributed by atoms with Crippen molar-refractivity contribution in [1.29, 1.82) is 0 Å². The lowest BCUT2D eigenvalue weighted by molar-refractivity contribution is -0.385. The monoisotopic (exact) mass is 257 g/mol. The largest absolute Gasteiger partial charge is 0.469 e. The Balaban J connectivity index is 3.22. The number of esters is 1. The molecule has 0 radical (unpaired) electrons. The van der Waals surface area contributed by atoms with Crippen LogP contribution in [-0.2, 0) is 16.0 Å². The lowest BCUT2D eigenvalue weighted by Crippen LogP contribution is -2.06. The van der Waals surface area contributed by atoms with Gasteiger partial charge in [0.2, 0.25) is 0 Å². The fourth-order valence-corrected chi connectivity index (χ4v) is 1.47. The maximum Gasteiger partial charge on any atom is 0.310 e. The van der Waals surface area contributed by atoms with E-state index >= 15 is 0 Å². The number of nitrogens with zero attached hydrogens (tertiary/aromatic N) is 1. The molecule has 1 rings (SSSR count). The molecule has 0 aromatic heterocycles. The minimum Gasteiger partial charge on any atom is -0.469 e. The topological polar surface area (TPSA) is 86.5 Å². The highest BCUT2D eigenvalue weighted by Crippen LogP contribution is 2.26. The second-order valence-corrected chi connectivity index (χ2v) is 3.54. The van der Waals surface area contributed by atoms with Crippen LogP contribution in [-0.4, -0.2) is 24.3 Å². The SMILES string of the molecule is COC(=O)Cc1cc(C=O)c([N+](=O)[O-])cc1Cl. The molecule has 0 N–H and O–H groups in total.